The van der Waals surface area contributed by atoms with Gasteiger partial charge < -0.3 is 18.9 Å². The second-order valence-corrected chi connectivity index (χ2v) is 11.8. The lowest BCUT2D eigenvalue weighted by Gasteiger charge is -2.21. The maximum Gasteiger partial charge on any atom is 0.282 e. The van der Waals surface area contributed by atoms with Crippen molar-refractivity contribution in [3.05, 3.63) is 83.9 Å². The third-order valence-electron chi connectivity index (χ3n) is 5.87. The number of methoxy groups -OCH3 is 1. The van der Waals surface area contributed by atoms with Gasteiger partial charge in [-0.25, -0.2) is 4.98 Å². The molecule has 8 nitrogen and oxygen atoms in total. The molecule has 0 spiro atoms. The minimum atomic E-state index is -0.406. The summed E-state index contributed by atoms with van der Waals surface area (Å²) in [6.07, 6.45) is 1.63. The van der Waals surface area contributed by atoms with Crippen LogP contribution in [0.5, 0.6) is 23.0 Å². The second kappa shape index (κ2) is 10.6. The zero-order valence-corrected chi connectivity index (χ0v) is 25.0. The number of aromatic nitrogens is 2. The van der Waals surface area contributed by atoms with Gasteiger partial charge in [-0.3, -0.25) is 4.79 Å². The van der Waals surface area contributed by atoms with Gasteiger partial charge in [0.15, 0.2) is 23.0 Å². The van der Waals surface area contributed by atoms with E-state index in [0.29, 0.717) is 40.6 Å². The maximum absolute atomic E-state index is 13.4. The number of benzene rings is 3. The van der Waals surface area contributed by atoms with E-state index in [1.165, 1.54) is 4.68 Å². The van der Waals surface area contributed by atoms with Gasteiger partial charge in [0.1, 0.15) is 12.4 Å². The van der Waals surface area contributed by atoms with Gasteiger partial charge in [0, 0.05) is 9.89 Å². The van der Waals surface area contributed by atoms with Crippen LogP contribution in [-0.4, -0.2) is 29.8 Å². The van der Waals surface area contributed by atoms with Crippen LogP contribution >= 0.6 is 38.5 Å². The van der Waals surface area contributed by atoms with Gasteiger partial charge in [0.05, 0.1) is 27.8 Å². The molecule has 0 bridgehead atoms. The zero-order valence-electron chi connectivity index (χ0n) is 21.2. The van der Waals surface area contributed by atoms with E-state index in [1.54, 1.807) is 19.4 Å². The van der Waals surface area contributed by atoms with Crippen molar-refractivity contribution in [1.29, 1.82) is 0 Å². The van der Waals surface area contributed by atoms with Gasteiger partial charge in [-0.2, -0.15) is 9.78 Å². The Bertz CT molecular complexity index is 1630. The molecule has 0 atom stereocenters. The standard InChI is InChI=1S/C28H25BrIN3O5/c1-28(2,3)27-32-21-7-6-18(29)12-19(21)26(34)33(27)31-13-17-9-20(30)25(24(11-17)35-4)36-14-16-5-8-22-23(10-16)38-15-37-22/h5-13H,14-15H2,1-4H3. The lowest BCUT2D eigenvalue weighted by molar-refractivity contribution is 0.174. The summed E-state index contributed by atoms with van der Waals surface area (Å²) < 4.78 is 25.6. The predicted molar refractivity (Wildman–Crippen MR) is 158 cm³/mol. The van der Waals surface area contributed by atoms with E-state index < -0.39 is 5.41 Å². The zero-order chi connectivity index (χ0) is 27.0. The fourth-order valence-corrected chi connectivity index (χ4v) is 5.15. The molecule has 2 heterocycles. The Hall–Kier alpha value is -3.12. The summed E-state index contributed by atoms with van der Waals surface area (Å²) in [5.41, 5.74) is 1.69. The van der Waals surface area contributed by atoms with Gasteiger partial charge in [-0.05, 0) is 76.2 Å². The van der Waals surface area contributed by atoms with Crippen LogP contribution in [0.15, 0.2) is 62.9 Å². The number of halogens is 2. The van der Waals surface area contributed by atoms with Crippen LogP contribution in [0.25, 0.3) is 10.9 Å². The normalized spacial score (nSPS) is 12.9. The third-order valence-corrected chi connectivity index (χ3v) is 7.17. The van der Waals surface area contributed by atoms with Gasteiger partial charge in [0.25, 0.3) is 5.56 Å². The van der Waals surface area contributed by atoms with Crippen molar-refractivity contribution in [2.24, 2.45) is 5.10 Å². The van der Waals surface area contributed by atoms with Gasteiger partial charge in [0.2, 0.25) is 6.79 Å². The fourth-order valence-electron chi connectivity index (χ4n) is 4.01. The van der Waals surface area contributed by atoms with Crippen molar-refractivity contribution < 1.29 is 18.9 Å². The molecule has 0 saturated carbocycles. The number of ether oxygens (including phenoxy) is 4. The molecule has 196 valence electrons. The molecule has 5 rings (SSSR count). The third kappa shape index (κ3) is 5.37. The molecule has 1 aliphatic rings. The van der Waals surface area contributed by atoms with E-state index in [2.05, 4.69) is 43.6 Å². The van der Waals surface area contributed by atoms with Gasteiger partial charge in [-0.1, -0.05) is 42.8 Å². The average molecular weight is 690 g/mol. The Labute approximate surface area is 241 Å². The highest BCUT2D eigenvalue weighted by atomic mass is 127. The first-order chi connectivity index (χ1) is 18.1. The second-order valence-electron chi connectivity index (χ2n) is 9.72. The highest BCUT2D eigenvalue weighted by molar-refractivity contribution is 14.1. The first-order valence-corrected chi connectivity index (χ1v) is 13.7. The molecule has 0 N–H and O–H groups in total. The molecular weight excluding hydrogens is 665 g/mol. The SMILES string of the molecule is COc1cc(C=Nn2c(C(C)(C)C)nc3ccc(Br)cc3c2=O)cc(I)c1OCc1ccc2c(c1)OCO2. The highest BCUT2D eigenvalue weighted by Gasteiger charge is 2.23. The average Bonchev–Trinajstić information content (AvgIpc) is 3.35. The Morgan fingerprint density at radius 2 is 1.92 bits per heavy atom. The smallest absolute Gasteiger partial charge is 0.282 e. The Morgan fingerprint density at radius 3 is 2.68 bits per heavy atom. The van der Waals surface area contributed by atoms with Crippen LogP contribution in [0.3, 0.4) is 0 Å². The summed E-state index contributed by atoms with van der Waals surface area (Å²) in [6.45, 7) is 6.57. The molecular formula is C28H25BrIN3O5. The minimum Gasteiger partial charge on any atom is -0.493 e. The first kappa shape index (κ1) is 26.5. The lowest BCUT2D eigenvalue weighted by atomic mass is 9.95. The van der Waals surface area contributed by atoms with Crippen LogP contribution in [-0.2, 0) is 12.0 Å². The van der Waals surface area contributed by atoms with Crippen molar-refractivity contribution in [1.82, 2.24) is 9.66 Å². The van der Waals surface area contributed by atoms with Crippen molar-refractivity contribution >= 4 is 55.6 Å². The number of rotatable bonds is 6. The molecule has 10 heteroatoms. The highest BCUT2D eigenvalue weighted by Crippen LogP contribution is 2.36. The van der Waals surface area contributed by atoms with E-state index in [-0.39, 0.29) is 12.4 Å². The predicted octanol–water partition coefficient (Wildman–Crippen LogP) is 6.26. The van der Waals surface area contributed by atoms with Crippen molar-refractivity contribution in [2.75, 3.05) is 13.9 Å². The van der Waals surface area contributed by atoms with Crippen LogP contribution in [0.1, 0.15) is 37.7 Å². The molecule has 0 saturated heterocycles. The molecule has 1 aliphatic heterocycles. The molecule has 38 heavy (non-hydrogen) atoms. The van der Waals surface area contributed by atoms with Crippen LogP contribution in [0, 0.1) is 3.57 Å². The lowest BCUT2D eigenvalue weighted by Crippen LogP contribution is -2.29. The molecule has 0 unspecified atom stereocenters. The molecule has 1 aromatic heterocycles. The van der Waals surface area contributed by atoms with E-state index in [4.69, 9.17) is 23.9 Å². The molecule has 0 fully saturated rings. The maximum atomic E-state index is 13.4. The molecule has 0 amide bonds. The van der Waals surface area contributed by atoms with Crippen LogP contribution < -0.4 is 24.5 Å². The van der Waals surface area contributed by atoms with E-state index in [1.807, 2.05) is 63.2 Å². The molecule has 3 aromatic carbocycles. The Morgan fingerprint density at radius 1 is 1.13 bits per heavy atom. The fraction of sp³-hybridized carbons (Fsp3) is 0.250. The minimum absolute atomic E-state index is 0.227. The van der Waals surface area contributed by atoms with Crippen LogP contribution in [0.4, 0.5) is 0 Å². The first-order valence-electron chi connectivity index (χ1n) is 11.8. The number of fused-ring (bicyclic) bond motifs is 2. The topological polar surface area (TPSA) is 84.2 Å². The van der Waals surface area contributed by atoms with Crippen molar-refractivity contribution in [3.8, 4) is 23.0 Å². The number of hydrogen-bond acceptors (Lipinski definition) is 7. The largest absolute Gasteiger partial charge is 0.493 e. The van der Waals surface area contributed by atoms with Gasteiger partial charge >= 0.3 is 0 Å². The monoisotopic (exact) mass is 689 g/mol. The summed E-state index contributed by atoms with van der Waals surface area (Å²) in [4.78, 5) is 18.2. The number of hydrogen-bond donors (Lipinski definition) is 0. The van der Waals surface area contributed by atoms with E-state index in [0.717, 1.165) is 24.9 Å². The van der Waals surface area contributed by atoms with Gasteiger partial charge in [-0.15, -0.1) is 0 Å². The summed E-state index contributed by atoms with van der Waals surface area (Å²) in [5.74, 6) is 3.18. The summed E-state index contributed by atoms with van der Waals surface area (Å²) >= 11 is 5.65. The quantitative estimate of drug-likeness (QED) is 0.176. The van der Waals surface area contributed by atoms with Crippen LogP contribution in [0.2, 0.25) is 0 Å². The molecule has 0 radical (unpaired) electrons. The molecule has 0 aliphatic carbocycles. The van der Waals surface area contributed by atoms with Crippen molar-refractivity contribution in [3.63, 3.8) is 0 Å². The van der Waals surface area contributed by atoms with Crippen molar-refractivity contribution in [2.45, 2.75) is 32.8 Å². The summed E-state index contributed by atoms with van der Waals surface area (Å²) in [7, 11) is 1.59. The van der Waals surface area contributed by atoms with E-state index in [9.17, 15) is 4.79 Å². The summed E-state index contributed by atoms with van der Waals surface area (Å²) in [5, 5.41) is 5.06. The van der Waals surface area contributed by atoms with E-state index >= 15 is 0 Å². The Balaban J connectivity index is 1.46. The summed E-state index contributed by atoms with van der Waals surface area (Å²) in [6, 6.07) is 14.9. The molecule has 4 aromatic rings. The Kier molecular flexibility index (Phi) is 7.36. The number of nitrogens with zero attached hydrogens (tertiary/aromatic N) is 3.